The lowest BCUT2D eigenvalue weighted by Crippen LogP contribution is -2.65. The topological polar surface area (TPSA) is 66.8 Å². The van der Waals surface area contributed by atoms with Crippen LogP contribution in [0, 0.1) is 56.7 Å². The third-order valence-corrected chi connectivity index (χ3v) is 14.6. The van der Waals surface area contributed by atoms with Crippen LogP contribution in [0.2, 0.25) is 0 Å². The highest BCUT2D eigenvalue weighted by Crippen LogP contribution is 2.75. The Morgan fingerprint density at radius 3 is 2.29 bits per heavy atom. The Hall–Kier alpha value is -1.81. The summed E-state index contributed by atoms with van der Waals surface area (Å²) in [5, 5.41) is 20.3. The average Bonchev–Trinajstić information content (AvgIpc) is 2.92. The smallest absolute Gasteiger partial charge is 0.338 e. The molecule has 2 N–H and O–H groups in total. The van der Waals surface area contributed by atoms with Gasteiger partial charge >= 0.3 is 5.97 Å². The summed E-state index contributed by atoms with van der Waals surface area (Å²) in [4.78, 5) is 13.1. The molecule has 0 aromatic heterocycles. The summed E-state index contributed by atoms with van der Waals surface area (Å²) in [6.07, 6.45) is 13.2. The Balaban J connectivity index is 1.31. The highest BCUT2D eigenvalue weighted by atomic mass is 16.5. The molecule has 4 saturated carbocycles. The molecule has 1 aromatic rings. The number of aliphatic hydroxyl groups excluding tert-OH is 1. The fourth-order valence-corrected chi connectivity index (χ4v) is 11.9. The number of allylic oxidation sites excluding steroid dienone is 2. The molecule has 4 fully saturated rings. The van der Waals surface area contributed by atoms with Crippen LogP contribution in [-0.2, 0) is 4.74 Å². The Bertz CT molecular complexity index is 1220. The van der Waals surface area contributed by atoms with Crippen molar-refractivity contribution >= 4 is 5.97 Å². The molecule has 0 saturated heterocycles. The molecule has 6 rings (SSSR count). The van der Waals surface area contributed by atoms with Gasteiger partial charge in [0, 0.05) is 12.0 Å². The molecule has 226 valence electrons. The van der Waals surface area contributed by atoms with Gasteiger partial charge in [-0.25, -0.2) is 4.79 Å². The molecule has 41 heavy (non-hydrogen) atoms. The van der Waals surface area contributed by atoms with Gasteiger partial charge in [-0.05, 0) is 133 Å². The van der Waals surface area contributed by atoms with Crippen LogP contribution in [0.3, 0.4) is 0 Å². The molecule has 4 nitrogen and oxygen atoms in total. The average molecular weight is 563 g/mol. The van der Waals surface area contributed by atoms with Gasteiger partial charge in [0.1, 0.15) is 11.9 Å². The first kappa shape index (κ1) is 29.3. The Morgan fingerprint density at radius 2 is 1.61 bits per heavy atom. The van der Waals surface area contributed by atoms with E-state index in [2.05, 4.69) is 54.5 Å². The molecule has 0 spiro atoms. The van der Waals surface area contributed by atoms with E-state index in [4.69, 9.17) is 4.74 Å². The van der Waals surface area contributed by atoms with Gasteiger partial charge in [0.15, 0.2) is 0 Å². The molecule has 5 aliphatic carbocycles. The minimum Gasteiger partial charge on any atom is -0.508 e. The van der Waals surface area contributed by atoms with Gasteiger partial charge in [0.25, 0.3) is 0 Å². The zero-order chi connectivity index (χ0) is 29.6. The monoisotopic (exact) mass is 562 g/mol. The quantitative estimate of drug-likeness (QED) is 0.286. The molecule has 10 atom stereocenters. The third kappa shape index (κ3) is 4.05. The fraction of sp³-hybridized carbons (Fsp3) is 0.757. The summed E-state index contributed by atoms with van der Waals surface area (Å²) in [6.45, 7) is 17.7. The molecule has 0 amide bonds. The Kier molecular flexibility index (Phi) is 6.85. The number of carbonyl (C=O) groups is 1. The van der Waals surface area contributed by atoms with Crippen LogP contribution in [0.4, 0.5) is 0 Å². The predicted molar refractivity (Wildman–Crippen MR) is 163 cm³/mol. The summed E-state index contributed by atoms with van der Waals surface area (Å²) >= 11 is 0. The van der Waals surface area contributed by atoms with Crippen molar-refractivity contribution in [3.63, 3.8) is 0 Å². The van der Waals surface area contributed by atoms with Crippen molar-refractivity contribution in [1.29, 1.82) is 0 Å². The summed E-state index contributed by atoms with van der Waals surface area (Å²) in [7, 11) is 0. The van der Waals surface area contributed by atoms with Gasteiger partial charge in [0.05, 0.1) is 5.56 Å². The number of aliphatic hydroxyl groups is 1. The second-order valence-corrected chi connectivity index (χ2v) is 16.6. The lowest BCUT2D eigenvalue weighted by Gasteiger charge is -2.71. The van der Waals surface area contributed by atoms with E-state index in [1.807, 2.05) is 0 Å². The normalized spacial score (nSPS) is 46.7. The van der Waals surface area contributed by atoms with Crippen molar-refractivity contribution in [3.8, 4) is 5.75 Å². The SMILES string of the molecule is C[C@@H]1CC[C@]2(C)CC[C@]3(C)C(=CC[C@@H]4[C@@]5(C)CC[C@@H](OC(=O)c6ccc(O)cc6)C(C)(C)[C@H]5CC[C@]43C)[C@@H]2[C@H]1CO. The van der Waals surface area contributed by atoms with E-state index in [1.54, 1.807) is 29.8 Å². The van der Waals surface area contributed by atoms with E-state index in [-0.39, 0.29) is 39.5 Å². The van der Waals surface area contributed by atoms with Crippen LogP contribution >= 0.6 is 0 Å². The van der Waals surface area contributed by atoms with E-state index < -0.39 is 0 Å². The van der Waals surface area contributed by atoms with E-state index in [1.165, 1.54) is 38.5 Å². The number of esters is 1. The van der Waals surface area contributed by atoms with Crippen LogP contribution in [0.5, 0.6) is 5.75 Å². The number of hydrogen-bond acceptors (Lipinski definition) is 4. The summed E-state index contributed by atoms with van der Waals surface area (Å²) in [5.41, 5.74) is 3.01. The molecule has 0 unspecified atom stereocenters. The van der Waals surface area contributed by atoms with Gasteiger partial charge in [0.2, 0.25) is 0 Å². The number of ether oxygens (including phenoxy) is 1. The van der Waals surface area contributed by atoms with Crippen LogP contribution in [-0.4, -0.2) is 28.9 Å². The zero-order valence-corrected chi connectivity index (χ0v) is 26.6. The number of aromatic hydroxyl groups is 1. The van der Waals surface area contributed by atoms with Crippen LogP contribution in [0.15, 0.2) is 35.9 Å². The second-order valence-electron chi connectivity index (χ2n) is 16.6. The first-order valence-electron chi connectivity index (χ1n) is 16.5. The summed E-state index contributed by atoms with van der Waals surface area (Å²) < 4.78 is 6.24. The second kappa shape index (κ2) is 9.60. The summed E-state index contributed by atoms with van der Waals surface area (Å²) in [6, 6.07) is 6.41. The standard InChI is InChI=1S/C37H54O4/c1-23-14-17-34(4)20-21-36(6)27(31(34)26(23)22-38)12-13-29-35(5)18-16-30(33(2,3)28(35)15-19-37(29,36)7)41-32(40)24-8-10-25(39)11-9-24/h8-12,23,26,28-31,38-39H,13-22H2,1-7H3/t23-,26+,28-,29-,30-,31+,34-,35+,36-,37-/m1/s1. The largest absolute Gasteiger partial charge is 0.508 e. The van der Waals surface area contributed by atoms with Crippen molar-refractivity contribution in [1.82, 2.24) is 0 Å². The van der Waals surface area contributed by atoms with Gasteiger partial charge in [-0.15, -0.1) is 0 Å². The van der Waals surface area contributed by atoms with Gasteiger partial charge in [-0.1, -0.05) is 60.1 Å². The fourth-order valence-electron chi connectivity index (χ4n) is 11.9. The maximum Gasteiger partial charge on any atom is 0.338 e. The molecule has 0 radical (unpaired) electrons. The van der Waals surface area contributed by atoms with Gasteiger partial charge < -0.3 is 14.9 Å². The molecule has 4 heteroatoms. The number of carbonyl (C=O) groups excluding carboxylic acids is 1. The van der Waals surface area contributed by atoms with Crippen molar-refractivity contribution in [3.05, 3.63) is 41.5 Å². The minimum atomic E-state index is -0.282. The van der Waals surface area contributed by atoms with Crippen molar-refractivity contribution in [2.45, 2.75) is 112 Å². The minimum absolute atomic E-state index is 0.110. The molecule has 1 aromatic carbocycles. The number of fused-ring (bicyclic) bond motifs is 7. The number of phenolic OH excluding ortho intramolecular Hbond substituents is 1. The molecule has 5 aliphatic rings. The van der Waals surface area contributed by atoms with Crippen LogP contribution in [0.1, 0.15) is 117 Å². The number of phenols is 1. The number of rotatable bonds is 3. The van der Waals surface area contributed by atoms with Crippen molar-refractivity contribution < 1.29 is 19.7 Å². The zero-order valence-electron chi connectivity index (χ0n) is 26.6. The van der Waals surface area contributed by atoms with Gasteiger partial charge in [-0.3, -0.25) is 0 Å². The number of benzene rings is 1. The Morgan fingerprint density at radius 1 is 0.902 bits per heavy atom. The predicted octanol–water partition coefficient (Wildman–Crippen LogP) is 8.57. The molecular weight excluding hydrogens is 508 g/mol. The van der Waals surface area contributed by atoms with Crippen LogP contribution < -0.4 is 0 Å². The van der Waals surface area contributed by atoms with E-state index in [0.29, 0.717) is 47.2 Å². The van der Waals surface area contributed by atoms with E-state index in [9.17, 15) is 15.0 Å². The lowest BCUT2D eigenvalue weighted by molar-refractivity contribution is -0.204. The highest BCUT2D eigenvalue weighted by molar-refractivity contribution is 5.89. The highest BCUT2D eigenvalue weighted by Gasteiger charge is 2.68. The first-order chi connectivity index (χ1) is 19.2. The molecule has 0 aliphatic heterocycles. The van der Waals surface area contributed by atoms with Gasteiger partial charge in [-0.2, -0.15) is 0 Å². The van der Waals surface area contributed by atoms with E-state index in [0.717, 1.165) is 19.3 Å². The maximum atomic E-state index is 13.1. The number of hydrogen-bond donors (Lipinski definition) is 2. The Labute approximate surface area is 248 Å². The molecular formula is C37H54O4. The third-order valence-electron chi connectivity index (χ3n) is 14.6. The summed E-state index contributed by atoms with van der Waals surface area (Å²) in [5.74, 6) is 2.44. The van der Waals surface area contributed by atoms with Crippen molar-refractivity contribution in [2.24, 2.45) is 56.7 Å². The maximum absolute atomic E-state index is 13.1. The van der Waals surface area contributed by atoms with E-state index >= 15 is 0 Å². The lowest BCUT2D eigenvalue weighted by atomic mass is 9.33. The van der Waals surface area contributed by atoms with Crippen LogP contribution in [0.25, 0.3) is 0 Å². The van der Waals surface area contributed by atoms with Crippen molar-refractivity contribution in [2.75, 3.05) is 6.61 Å². The molecule has 0 bridgehead atoms. The first-order valence-corrected chi connectivity index (χ1v) is 16.5. The molecule has 0 heterocycles.